The normalized spacial score (nSPS) is 19.8. The zero-order valence-electron chi connectivity index (χ0n) is 15.6. The number of aliphatic hydroxyl groups excluding tert-OH is 1. The first-order valence-electron chi connectivity index (χ1n) is 8.97. The molecule has 1 aliphatic heterocycles. The number of hydrogen-bond donors (Lipinski definition) is 3. The first-order valence-corrected chi connectivity index (χ1v) is 10.8. The molecule has 0 bridgehead atoms. The van der Waals surface area contributed by atoms with Gasteiger partial charge in [-0.25, -0.2) is 21.6 Å². The largest absolute Gasteiger partial charge is 0.389 e. The molecule has 3 N–H and O–H groups in total. The van der Waals surface area contributed by atoms with Crippen molar-refractivity contribution >= 4 is 44.1 Å². The van der Waals surface area contributed by atoms with Crippen LogP contribution < -0.4 is 5.32 Å². The molecular formula is C19H15ClF3N3O4S. The summed E-state index contributed by atoms with van der Waals surface area (Å²) in [5.74, 6) is -3.33. The summed E-state index contributed by atoms with van der Waals surface area (Å²) >= 11 is 5.60. The van der Waals surface area contributed by atoms with Crippen molar-refractivity contribution in [1.29, 1.82) is 0 Å². The molecule has 0 spiro atoms. The summed E-state index contributed by atoms with van der Waals surface area (Å²) in [5, 5.41) is 11.8. The number of carbonyl (C=O) groups is 1. The van der Waals surface area contributed by atoms with Gasteiger partial charge in [0.15, 0.2) is 11.6 Å². The maximum atomic E-state index is 13.7. The number of benzene rings is 2. The number of nitrogens with one attached hydrogen (secondary N) is 2. The highest BCUT2D eigenvalue weighted by atomic mass is 35.5. The number of halogens is 4. The molecule has 12 heteroatoms. The topological polar surface area (TPSA) is 102 Å². The van der Waals surface area contributed by atoms with E-state index in [9.17, 15) is 31.5 Å². The Morgan fingerprint density at radius 1 is 1.23 bits per heavy atom. The van der Waals surface area contributed by atoms with E-state index in [2.05, 4.69) is 10.3 Å². The van der Waals surface area contributed by atoms with Gasteiger partial charge in [0.2, 0.25) is 10.0 Å². The van der Waals surface area contributed by atoms with Crippen molar-refractivity contribution in [2.45, 2.75) is 17.2 Å². The maximum Gasteiger partial charge on any atom is 0.256 e. The number of aromatic amines is 1. The zero-order chi connectivity index (χ0) is 22.5. The van der Waals surface area contributed by atoms with E-state index in [4.69, 9.17) is 11.6 Å². The van der Waals surface area contributed by atoms with Crippen molar-refractivity contribution in [3.63, 3.8) is 0 Å². The van der Waals surface area contributed by atoms with Crippen molar-refractivity contribution in [1.82, 2.24) is 9.29 Å². The Labute approximate surface area is 179 Å². The fraction of sp³-hybridized carbons (Fsp3) is 0.211. The third kappa shape index (κ3) is 3.89. The van der Waals surface area contributed by atoms with E-state index < -0.39 is 58.0 Å². The van der Waals surface area contributed by atoms with Crippen molar-refractivity contribution in [2.75, 3.05) is 18.4 Å². The monoisotopic (exact) mass is 473 g/mol. The Bertz CT molecular complexity index is 1260. The van der Waals surface area contributed by atoms with E-state index in [-0.39, 0.29) is 16.1 Å². The smallest absolute Gasteiger partial charge is 0.256 e. The Morgan fingerprint density at radius 2 is 1.97 bits per heavy atom. The number of H-pyrrole nitrogens is 1. The van der Waals surface area contributed by atoms with Gasteiger partial charge < -0.3 is 15.4 Å². The van der Waals surface area contributed by atoms with Crippen LogP contribution in [0, 0.1) is 11.6 Å². The Balaban J connectivity index is 1.73. The van der Waals surface area contributed by atoms with E-state index in [1.807, 2.05) is 0 Å². The van der Waals surface area contributed by atoms with E-state index >= 15 is 0 Å². The first-order chi connectivity index (χ1) is 14.6. The molecule has 0 aliphatic carbocycles. The van der Waals surface area contributed by atoms with Gasteiger partial charge in [-0.15, -0.1) is 0 Å². The van der Waals surface area contributed by atoms with E-state index in [1.165, 1.54) is 18.3 Å². The van der Waals surface area contributed by atoms with Gasteiger partial charge in [-0.1, -0.05) is 11.6 Å². The lowest BCUT2D eigenvalue weighted by Gasteiger charge is -2.16. The molecule has 7 nitrogen and oxygen atoms in total. The summed E-state index contributed by atoms with van der Waals surface area (Å²) < 4.78 is 67.3. The number of anilines is 1. The molecule has 0 radical (unpaired) electrons. The van der Waals surface area contributed by atoms with Crippen molar-refractivity contribution < 1.29 is 31.5 Å². The van der Waals surface area contributed by atoms with Crippen LogP contribution in [0.4, 0.5) is 18.9 Å². The molecule has 1 aromatic heterocycles. The molecule has 31 heavy (non-hydrogen) atoms. The van der Waals surface area contributed by atoms with Crippen LogP contribution in [0.2, 0.25) is 5.02 Å². The van der Waals surface area contributed by atoms with Crippen molar-refractivity contribution in [3.05, 3.63) is 58.7 Å². The fourth-order valence-electron chi connectivity index (χ4n) is 3.36. The lowest BCUT2D eigenvalue weighted by Crippen LogP contribution is -2.30. The highest BCUT2D eigenvalue weighted by molar-refractivity contribution is 7.89. The van der Waals surface area contributed by atoms with Crippen LogP contribution in [0.15, 0.2) is 41.4 Å². The Kier molecular flexibility index (Phi) is 5.46. The third-order valence-electron chi connectivity index (χ3n) is 4.95. The summed E-state index contributed by atoms with van der Waals surface area (Å²) in [4.78, 5) is 15.4. The zero-order valence-corrected chi connectivity index (χ0v) is 17.1. The highest BCUT2D eigenvalue weighted by Crippen LogP contribution is 2.29. The van der Waals surface area contributed by atoms with Gasteiger partial charge >= 0.3 is 0 Å². The van der Waals surface area contributed by atoms with E-state index in [0.717, 1.165) is 22.5 Å². The van der Waals surface area contributed by atoms with Crippen LogP contribution in [0.5, 0.6) is 0 Å². The van der Waals surface area contributed by atoms with Gasteiger partial charge in [0.05, 0.1) is 15.5 Å². The fourth-order valence-corrected chi connectivity index (χ4v) is 5.09. The second-order valence-electron chi connectivity index (χ2n) is 7.02. The van der Waals surface area contributed by atoms with Crippen LogP contribution in [0.1, 0.15) is 10.4 Å². The van der Waals surface area contributed by atoms with Gasteiger partial charge in [0.25, 0.3) is 5.91 Å². The molecular weight excluding hydrogens is 459 g/mol. The predicted molar refractivity (Wildman–Crippen MR) is 107 cm³/mol. The van der Waals surface area contributed by atoms with Gasteiger partial charge in [-0.3, -0.25) is 4.79 Å². The number of aliphatic hydroxyl groups is 1. The summed E-state index contributed by atoms with van der Waals surface area (Å²) in [6.45, 7) is -0.928. The number of β-amino-alcohol motifs (C(OH)–C–C–N with tert-alkyl or cyclic N) is 1. The second kappa shape index (κ2) is 7.83. The average Bonchev–Trinajstić information content (AvgIpc) is 3.32. The Hall–Kier alpha value is -2.60. The van der Waals surface area contributed by atoms with Gasteiger partial charge in [-0.2, -0.15) is 4.31 Å². The quantitative estimate of drug-likeness (QED) is 0.507. The van der Waals surface area contributed by atoms with Crippen molar-refractivity contribution in [3.8, 4) is 0 Å². The molecule has 164 valence electrons. The van der Waals surface area contributed by atoms with Crippen LogP contribution >= 0.6 is 11.6 Å². The Morgan fingerprint density at radius 3 is 2.61 bits per heavy atom. The number of sulfonamides is 1. The number of rotatable bonds is 4. The summed E-state index contributed by atoms with van der Waals surface area (Å²) in [6.07, 6.45) is -1.67. The number of amides is 1. The molecule has 2 atom stereocenters. The minimum atomic E-state index is -4.22. The summed E-state index contributed by atoms with van der Waals surface area (Å²) in [7, 11) is -4.22. The molecule has 1 amide bonds. The maximum absolute atomic E-state index is 13.7. The van der Waals surface area contributed by atoms with E-state index in [0.29, 0.717) is 10.9 Å². The molecule has 1 fully saturated rings. The van der Waals surface area contributed by atoms with Crippen molar-refractivity contribution in [2.24, 2.45) is 0 Å². The minimum Gasteiger partial charge on any atom is -0.389 e. The molecule has 1 saturated heterocycles. The standard InChI is InChI=1S/C19H15ClF3N3O4S/c20-13-3-9(4-14(21)18(13)23)25-19(28)12-5-10(6-16-11(12)1-2-24-16)31(29,30)26-7-15(22)17(27)8-26/h1-6,15,17,24,27H,7-8H2,(H,25,28). The molecule has 4 rings (SSSR count). The average molecular weight is 474 g/mol. The van der Waals surface area contributed by atoms with Crippen LogP contribution in [-0.4, -0.2) is 54.1 Å². The minimum absolute atomic E-state index is 0.0743. The number of nitrogens with zero attached hydrogens (tertiary/aromatic N) is 1. The van der Waals surface area contributed by atoms with Gasteiger partial charge in [0.1, 0.15) is 12.3 Å². The third-order valence-corrected chi connectivity index (χ3v) is 7.04. The number of aromatic nitrogens is 1. The number of hydrogen-bond acceptors (Lipinski definition) is 4. The predicted octanol–water partition coefficient (Wildman–Crippen LogP) is 3.06. The number of alkyl halides is 1. The first kappa shape index (κ1) is 21.6. The van der Waals surface area contributed by atoms with Crippen LogP contribution in [0.25, 0.3) is 10.9 Å². The molecule has 1 aliphatic rings. The van der Waals surface area contributed by atoms with Crippen LogP contribution in [0.3, 0.4) is 0 Å². The van der Waals surface area contributed by atoms with Gasteiger partial charge in [-0.05, 0) is 24.3 Å². The number of fused-ring (bicyclic) bond motifs is 1. The lowest BCUT2D eigenvalue weighted by molar-refractivity contribution is 0.102. The highest BCUT2D eigenvalue weighted by Gasteiger charge is 2.39. The molecule has 2 heterocycles. The molecule has 3 aromatic rings. The molecule has 0 saturated carbocycles. The summed E-state index contributed by atoms with van der Waals surface area (Å²) in [5.41, 5.74) is 0.106. The molecule has 2 aromatic carbocycles. The summed E-state index contributed by atoms with van der Waals surface area (Å²) in [6, 6.07) is 5.67. The SMILES string of the molecule is O=C(Nc1cc(F)c(F)c(Cl)c1)c1cc(S(=O)(=O)N2CC(O)C(F)C2)cc2[nH]ccc12. The lowest BCUT2D eigenvalue weighted by atomic mass is 10.1. The van der Waals surface area contributed by atoms with Crippen LogP contribution in [-0.2, 0) is 10.0 Å². The van der Waals surface area contributed by atoms with E-state index in [1.54, 1.807) is 0 Å². The molecule has 2 unspecified atom stereocenters. The van der Waals surface area contributed by atoms with Gasteiger partial charge in [0, 0.05) is 41.9 Å². The second-order valence-corrected chi connectivity index (χ2v) is 9.37. The number of carbonyl (C=O) groups excluding carboxylic acids is 1.